The number of aryl methyl sites for hydroxylation is 1. The summed E-state index contributed by atoms with van der Waals surface area (Å²) in [7, 11) is 0. The Kier molecular flexibility index (Phi) is 6.91. The molecule has 1 heterocycles. The second kappa shape index (κ2) is 9.79. The summed E-state index contributed by atoms with van der Waals surface area (Å²) in [6.45, 7) is 5.03. The van der Waals surface area contributed by atoms with E-state index >= 15 is 0 Å². The zero-order valence-corrected chi connectivity index (χ0v) is 17.4. The van der Waals surface area contributed by atoms with Crippen LogP contribution in [-0.2, 0) is 9.59 Å². The van der Waals surface area contributed by atoms with Crippen LogP contribution in [0.4, 0.5) is 10.1 Å². The average molecular weight is 426 g/mol. The van der Waals surface area contributed by atoms with Gasteiger partial charge in [-0.3, -0.25) is 9.59 Å². The summed E-state index contributed by atoms with van der Waals surface area (Å²) >= 11 is 0. The first-order chi connectivity index (χ1) is 14.8. The molecule has 2 amide bonds. The Morgan fingerprint density at radius 3 is 2.55 bits per heavy atom. The standard InChI is InChI=1S/C21H23FN6O3/c1-13(2)20(24-19(29)12-31-16-7-5-4-6-8-16)21(30)23-15-9-10-17(22)18(11-15)28-14(3)25-26-27-28/h4-11,13,20H,12H2,1-3H3,(H,23,30)(H,24,29). The van der Waals surface area contributed by atoms with E-state index < -0.39 is 23.7 Å². The van der Waals surface area contributed by atoms with E-state index in [4.69, 9.17) is 4.74 Å². The Labute approximate surface area is 178 Å². The third-order valence-electron chi connectivity index (χ3n) is 4.45. The van der Waals surface area contributed by atoms with Crippen molar-refractivity contribution in [1.29, 1.82) is 0 Å². The molecule has 0 spiro atoms. The summed E-state index contributed by atoms with van der Waals surface area (Å²) in [5, 5.41) is 16.4. The van der Waals surface area contributed by atoms with Crippen molar-refractivity contribution in [3.63, 3.8) is 0 Å². The summed E-state index contributed by atoms with van der Waals surface area (Å²) in [4.78, 5) is 25.1. The van der Waals surface area contributed by atoms with Crippen molar-refractivity contribution in [2.75, 3.05) is 11.9 Å². The number of hydrogen-bond acceptors (Lipinski definition) is 6. The molecule has 162 valence electrons. The smallest absolute Gasteiger partial charge is 0.258 e. The Morgan fingerprint density at radius 2 is 1.90 bits per heavy atom. The van der Waals surface area contributed by atoms with Crippen molar-refractivity contribution < 1.29 is 18.7 Å². The van der Waals surface area contributed by atoms with Crippen molar-refractivity contribution in [2.24, 2.45) is 5.92 Å². The molecule has 3 rings (SSSR count). The molecule has 2 aromatic carbocycles. The molecule has 0 saturated carbocycles. The van der Waals surface area contributed by atoms with Crippen molar-refractivity contribution in [1.82, 2.24) is 25.5 Å². The van der Waals surface area contributed by atoms with Crippen LogP contribution in [0.1, 0.15) is 19.7 Å². The van der Waals surface area contributed by atoms with Gasteiger partial charge in [-0.15, -0.1) is 5.10 Å². The molecule has 2 N–H and O–H groups in total. The van der Waals surface area contributed by atoms with E-state index in [2.05, 4.69) is 26.2 Å². The first-order valence-corrected chi connectivity index (χ1v) is 9.68. The quantitative estimate of drug-likeness (QED) is 0.572. The van der Waals surface area contributed by atoms with Crippen LogP contribution < -0.4 is 15.4 Å². The predicted molar refractivity (Wildman–Crippen MR) is 111 cm³/mol. The summed E-state index contributed by atoms with van der Waals surface area (Å²) in [5.74, 6) is -0.647. The maximum absolute atomic E-state index is 14.2. The maximum atomic E-state index is 14.2. The zero-order chi connectivity index (χ0) is 22.4. The molecule has 0 saturated heterocycles. The average Bonchev–Trinajstić information content (AvgIpc) is 3.18. The summed E-state index contributed by atoms with van der Waals surface area (Å²) in [6.07, 6.45) is 0. The number of nitrogens with zero attached hydrogens (tertiary/aromatic N) is 4. The fourth-order valence-corrected chi connectivity index (χ4v) is 2.84. The summed E-state index contributed by atoms with van der Waals surface area (Å²) in [6, 6.07) is 12.2. The minimum Gasteiger partial charge on any atom is -0.484 e. The van der Waals surface area contributed by atoms with Crippen molar-refractivity contribution in [3.8, 4) is 11.4 Å². The number of anilines is 1. The van der Waals surface area contributed by atoms with Crippen LogP contribution in [-0.4, -0.2) is 44.7 Å². The minimum atomic E-state index is -0.810. The van der Waals surface area contributed by atoms with E-state index in [0.29, 0.717) is 17.3 Å². The lowest BCUT2D eigenvalue weighted by Gasteiger charge is -2.22. The number of nitrogens with one attached hydrogen (secondary N) is 2. The number of ether oxygens (including phenoxy) is 1. The minimum absolute atomic E-state index is 0.0988. The number of benzene rings is 2. The molecular weight excluding hydrogens is 403 g/mol. The Balaban J connectivity index is 1.67. The van der Waals surface area contributed by atoms with Crippen LogP contribution in [0.3, 0.4) is 0 Å². The molecule has 31 heavy (non-hydrogen) atoms. The molecule has 1 atom stereocenters. The highest BCUT2D eigenvalue weighted by Gasteiger charge is 2.25. The molecule has 3 aromatic rings. The first-order valence-electron chi connectivity index (χ1n) is 9.68. The van der Waals surface area contributed by atoms with E-state index in [1.165, 1.54) is 22.9 Å². The molecule has 0 aliphatic rings. The van der Waals surface area contributed by atoms with E-state index in [-0.39, 0.29) is 18.2 Å². The molecular formula is C21H23FN6O3. The lowest BCUT2D eigenvalue weighted by Crippen LogP contribution is -2.48. The van der Waals surface area contributed by atoms with Gasteiger partial charge in [0.1, 0.15) is 23.3 Å². The van der Waals surface area contributed by atoms with Gasteiger partial charge >= 0.3 is 0 Å². The van der Waals surface area contributed by atoms with Gasteiger partial charge in [-0.1, -0.05) is 32.0 Å². The van der Waals surface area contributed by atoms with Crippen LogP contribution in [0.2, 0.25) is 0 Å². The number of carbonyl (C=O) groups excluding carboxylic acids is 2. The van der Waals surface area contributed by atoms with Crippen molar-refractivity contribution >= 4 is 17.5 Å². The second-order valence-corrected chi connectivity index (χ2v) is 7.18. The number of carbonyl (C=O) groups is 2. The van der Waals surface area contributed by atoms with Crippen LogP contribution in [0.15, 0.2) is 48.5 Å². The Morgan fingerprint density at radius 1 is 1.16 bits per heavy atom. The molecule has 9 nitrogen and oxygen atoms in total. The molecule has 1 unspecified atom stereocenters. The maximum Gasteiger partial charge on any atom is 0.258 e. The third-order valence-corrected chi connectivity index (χ3v) is 4.45. The van der Waals surface area contributed by atoms with Gasteiger partial charge in [0.2, 0.25) is 5.91 Å². The SMILES string of the molecule is Cc1nnnn1-c1cc(NC(=O)C(NC(=O)COc2ccccc2)C(C)C)ccc1F. The fraction of sp³-hybridized carbons (Fsp3) is 0.286. The lowest BCUT2D eigenvalue weighted by molar-refractivity contribution is -0.128. The molecule has 0 bridgehead atoms. The number of tetrazole rings is 1. The second-order valence-electron chi connectivity index (χ2n) is 7.18. The van der Waals surface area contributed by atoms with Crippen molar-refractivity contribution in [2.45, 2.75) is 26.8 Å². The Hall–Kier alpha value is -3.82. The number of amides is 2. The number of halogens is 1. The van der Waals surface area contributed by atoms with Gasteiger partial charge in [-0.2, -0.15) is 4.68 Å². The monoisotopic (exact) mass is 426 g/mol. The number of aromatic nitrogens is 4. The van der Waals surface area contributed by atoms with E-state index in [0.717, 1.165) is 0 Å². The van der Waals surface area contributed by atoms with Gasteiger partial charge in [0.15, 0.2) is 12.4 Å². The topological polar surface area (TPSA) is 111 Å². The number of para-hydroxylation sites is 1. The molecule has 0 radical (unpaired) electrons. The zero-order valence-electron chi connectivity index (χ0n) is 17.4. The van der Waals surface area contributed by atoms with Crippen LogP contribution in [0.25, 0.3) is 5.69 Å². The van der Waals surface area contributed by atoms with Gasteiger partial charge in [0, 0.05) is 5.69 Å². The lowest BCUT2D eigenvalue weighted by atomic mass is 10.0. The van der Waals surface area contributed by atoms with Gasteiger partial charge in [-0.05, 0) is 53.6 Å². The van der Waals surface area contributed by atoms with Gasteiger partial charge < -0.3 is 15.4 Å². The van der Waals surface area contributed by atoms with E-state index in [1.807, 2.05) is 19.9 Å². The van der Waals surface area contributed by atoms with E-state index in [9.17, 15) is 14.0 Å². The van der Waals surface area contributed by atoms with Crippen LogP contribution in [0, 0.1) is 18.7 Å². The van der Waals surface area contributed by atoms with Crippen molar-refractivity contribution in [3.05, 3.63) is 60.2 Å². The third kappa shape index (κ3) is 5.62. The number of hydrogen-bond donors (Lipinski definition) is 2. The molecule has 1 aromatic heterocycles. The summed E-state index contributed by atoms with van der Waals surface area (Å²) in [5.41, 5.74) is 0.443. The normalized spacial score (nSPS) is 11.8. The van der Waals surface area contributed by atoms with Gasteiger partial charge in [-0.25, -0.2) is 4.39 Å². The highest BCUT2D eigenvalue weighted by atomic mass is 19.1. The highest BCUT2D eigenvalue weighted by Crippen LogP contribution is 2.19. The summed E-state index contributed by atoms with van der Waals surface area (Å²) < 4.78 is 20.9. The molecule has 0 fully saturated rings. The molecule has 0 aliphatic heterocycles. The van der Waals surface area contributed by atoms with Gasteiger partial charge in [0.05, 0.1) is 0 Å². The first kappa shape index (κ1) is 21.9. The molecule has 0 aliphatic carbocycles. The van der Waals surface area contributed by atoms with Crippen LogP contribution >= 0.6 is 0 Å². The van der Waals surface area contributed by atoms with Gasteiger partial charge in [0.25, 0.3) is 5.91 Å². The fourth-order valence-electron chi connectivity index (χ4n) is 2.84. The predicted octanol–water partition coefficient (Wildman–Crippen LogP) is 2.27. The molecule has 10 heteroatoms. The Bertz CT molecular complexity index is 1050. The van der Waals surface area contributed by atoms with Crippen LogP contribution in [0.5, 0.6) is 5.75 Å². The highest BCUT2D eigenvalue weighted by molar-refractivity contribution is 5.97. The number of rotatable bonds is 8. The van der Waals surface area contributed by atoms with E-state index in [1.54, 1.807) is 31.2 Å². The largest absolute Gasteiger partial charge is 0.484 e.